The van der Waals surface area contributed by atoms with E-state index in [1.54, 1.807) is 32.8 Å². The molecule has 0 amide bonds. The molecular weight excluding hydrogens is 246 g/mol. The van der Waals surface area contributed by atoms with Gasteiger partial charge in [0.05, 0.1) is 12.4 Å². The van der Waals surface area contributed by atoms with Crippen LogP contribution in [0.25, 0.3) is 0 Å². The van der Waals surface area contributed by atoms with Gasteiger partial charge >= 0.3 is 5.97 Å². The van der Waals surface area contributed by atoms with Gasteiger partial charge in [0.1, 0.15) is 0 Å². The zero-order chi connectivity index (χ0) is 14.1. The quantitative estimate of drug-likeness (QED) is 0.445. The molecule has 0 rings (SSSR count). The molecule has 17 heavy (non-hydrogen) atoms. The van der Waals surface area contributed by atoms with Gasteiger partial charge in [-0.15, -0.1) is 0 Å². The van der Waals surface area contributed by atoms with Gasteiger partial charge in [-0.1, -0.05) is 6.58 Å². The fourth-order valence-corrected chi connectivity index (χ4v) is 1.15. The van der Waals surface area contributed by atoms with Gasteiger partial charge in [0.25, 0.3) is 10.1 Å². The van der Waals surface area contributed by atoms with Gasteiger partial charge in [-0.25, -0.2) is 4.79 Å². The Morgan fingerprint density at radius 2 is 1.88 bits per heavy atom. The number of esters is 1. The minimum atomic E-state index is -3.76. The largest absolute Gasteiger partial charge is 0.463 e. The molecule has 0 atom stereocenters. The lowest BCUT2D eigenvalue weighted by Gasteiger charge is -2.05. The number of nitrogens with zero attached hydrogens (tertiary/aromatic N) is 1. The highest BCUT2D eigenvalue weighted by Crippen LogP contribution is 1.89. The maximum Gasteiger partial charge on any atom is 0.333 e. The maximum atomic E-state index is 10.4. The molecule has 0 aromatic carbocycles. The van der Waals surface area contributed by atoms with Gasteiger partial charge in [-0.05, 0) is 27.9 Å². The van der Waals surface area contributed by atoms with Crippen molar-refractivity contribution in [2.75, 3.05) is 33.0 Å². The number of carbonyl (C=O) groups excluding carboxylic acids is 1. The van der Waals surface area contributed by atoms with Crippen LogP contribution in [0.5, 0.6) is 0 Å². The molecule has 0 saturated carbocycles. The third kappa shape index (κ3) is 17.7. The molecule has 7 heteroatoms. The zero-order valence-corrected chi connectivity index (χ0v) is 11.6. The lowest BCUT2D eigenvalue weighted by atomic mass is 10.4. The minimum absolute atomic E-state index is 0.194. The zero-order valence-electron chi connectivity index (χ0n) is 10.8. The highest BCUT2D eigenvalue weighted by molar-refractivity contribution is 7.85. The molecule has 0 unspecified atom stereocenters. The van der Waals surface area contributed by atoms with Crippen molar-refractivity contribution in [1.29, 1.82) is 0 Å². The van der Waals surface area contributed by atoms with Crippen molar-refractivity contribution in [2.24, 2.45) is 0 Å². The molecule has 0 radical (unpaired) electrons. The van der Waals surface area contributed by atoms with Crippen LogP contribution in [0.15, 0.2) is 12.2 Å². The second-order valence-electron chi connectivity index (χ2n) is 3.59. The van der Waals surface area contributed by atoms with E-state index in [-0.39, 0.29) is 11.7 Å². The van der Waals surface area contributed by atoms with E-state index < -0.39 is 10.1 Å². The van der Waals surface area contributed by atoms with Crippen LogP contribution < -0.4 is 0 Å². The standard InChI is InChI=1S/C6H10O2.C4H11NO3S/c1-4-8-6(7)5(2)3;1-5(2)3-4-9(6,7)8/h2,4H2,1,3H3;3-4H2,1-2H3,(H,6,7,8). The molecule has 0 aliphatic carbocycles. The Labute approximate surface area is 103 Å². The number of rotatable bonds is 5. The average molecular weight is 267 g/mol. The Kier molecular flexibility index (Phi) is 9.92. The predicted octanol–water partition coefficient (Wildman–Crippen LogP) is 0.561. The van der Waals surface area contributed by atoms with E-state index in [0.717, 1.165) is 0 Å². The normalized spacial score (nSPS) is 10.5. The van der Waals surface area contributed by atoms with Crippen LogP contribution in [0.3, 0.4) is 0 Å². The van der Waals surface area contributed by atoms with E-state index in [1.165, 1.54) is 0 Å². The summed E-state index contributed by atoms with van der Waals surface area (Å²) in [7, 11) is -0.278. The summed E-state index contributed by atoms with van der Waals surface area (Å²) < 4.78 is 32.9. The van der Waals surface area contributed by atoms with Gasteiger partial charge in [0, 0.05) is 12.1 Å². The molecule has 0 saturated heterocycles. The van der Waals surface area contributed by atoms with Gasteiger partial charge in [-0.2, -0.15) is 8.42 Å². The molecule has 0 aromatic heterocycles. The number of ether oxygens (including phenoxy) is 1. The maximum absolute atomic E-state index is 10.4. The Hall–Kier alpha value is -0.920. The van der Waals surface area contributed by atoms with Crippen molar-refractivity contribution in [3.63, 3.8) is 0 Å². The molecule has 0 aliphatic rings. The SMILES string of the molecule is C=C(C)C(=O)OCC.CN(C)CCS(=O)(=O)O. The lowest BCUT2D eigenvalue weighted by Crippen LogP contribution is -2.21. The summed E-state index contributed by atoms with van der Waals surface area (Å²) in [5, 5.41) is 0. The summed E-state index contributed by atoms with van der Waals surface area (Å²) in [6, 6.07) is 0. The van der Waals surface area contributed by atoms with Crippen molar-refractivity contribution in [3.8, 4) is 0 Å². The summed E-state index contributed by atoms with van der Waals surface area (Å²) in [6.07, 6.45) is 0. The van der Waals surface area contributed by atoms with Crippen molar-refractivity contribution in [3.05, 3.63) is 12.2 Å². The first kappa shape index (κ1) is 18.4. The van der Waals surface area contributed by atoms with Crippen LogP contribution in [0, 0.1) is 0 Å². The second kappa shape index (κ2) is 9.15. The molecule has 0 fully saturated rings. The van der Waals surface area contributed by atoms with Gasteiger partial charge in [0.2, 0.25) is 0 Å². The van der Waals surface area contributed by atoms with Crippen LogP contribution in [-0.2, 0) is 19.6 Å². The van der Waals surface area contributed by atoms with Gasteiger partial charge in [-0.3, -0.25) is 4.55 Å². The van der Waals surface area contributed by atoms with E-state index in [0.29, 0.717) is 18.7 Å². The van der Waals surface area contributed by atoms with Crippen LogP contribution in [0.2, 0.25) is 0 Å². The number of hydrogen-bond donors (Lipinski definition) is 1. The number of carbonyl (C=O) groups is 1. The Morgan fingerprint density at radius 3 is 2.00 bits per heavy atom. The highest BCUT2D eigenvalue weighted by atomic mass is 32.2. The first-order chi connectivity index (χ1) is 7.60. The smallest absolute Gasteiger partial charge is 0.333 e. The predicted molar refractivity (Wildman–Crippen MR) is 66.4 cm³/mol. The Bertz CT molecular complexity index is 335. The second-order valence-corrected chi connectivity index (χ2v) is 5.16. The van der Waals surface area contributed by atoms with Crippen LogP contribution >= 0.6 is 0 Å². The fourth-order valence-electron chi connectivity index (χ4n) is 0.552. The first-order valence-corrected chi connectivity index (χ1v) is 6.63. The van der Waals surface area contributed by atoms with E-state index in [4.69, 9.17) is 4.55 Å². The Morgan fingerprint density at radius 1 is 1.41 bits per heavy atom. The molecule has 102 valence electrons. The monoisotopic (exact) mass is 267 g/mol. The Balaban J connectivity index is 0. The van der Waals surface area contributed by atoms with Crippen LogP contribution in [0.1, 0.15) is 13.8 Å². The van der Waals surface area contributed by atoms with Crippen LogP contribution in [-0.4, -0.2) is 56.8 Å². The highest BCUT2D eigenvalue weighted by Gasteiger charge is 2.03. The summed E-state index contributed by atoms with van der Waals surface area (Å²) >= 11 is 0. The van der Waals surface area contributed by atoms with E-state index >= 15 is 0 Å². The molecule has 6 nitrogen and oxygen atoms in total. The average Bonchev–Trinajstić information content (AvgIpc) is 2.15. The van der Waals surface area contributed by atoms with Crippen LogP contribution in [0.4, 0.5) is 0 Å². The summed E-state index contributed by atoms with van der Waals surface area (Å²) in [5.74, 6) is -0.507. The summed E-state index contributed by atoms with van der Waals surface area (Å²) in [4.78, 5) is 12.1. The molecule has 1 N–H and O–H groups in total. The minimum Gasteiger partial charge on any atom is -0.463 e. The molecule has 0 aliphatic heterocycles. The van der Waals surface area contributed by atoms with Gasteiger partial charge in [0.15, 0.2) is 0 Å². The van der Waals surface area contributed by atoms with E-state index in [2.05, 4.69) is 11.3 Å². The fraction of sp³-hybridized carbons (Fsp3) is 0.700. The van der Waals surface area contributed by atoms with Crippen molar-refractivity contribution in [2.45, 2.75) is 13.8 Å². The van der Waals surface area contributed by atoms with Crippen molar-refractivity contribution < 1.29 is 22.5 Å². The summed E-state index contributed by atoms with van der Waals surface area (Å²) in [6.45, 7) is 7.57. The molecule has 0 bridgehead atoms. The molecular formula is C10H21NO5S. The topological polar surface area (TPSA) is 83.9 Å². The molecule has 0 heterocycles. The third-order valence-corrected chi connectivity index (χ3v) is 2.12. The summed E-state index contributed by atoms with van der Waals surface area (Å²) in [5.41, 5.74) is 0.451. The third-order valence-electron chi connectivity index (χ3n) is 1.42. The number of hydrogen-bond acceptors (Lipinski definition) is 5. The molecule has 0 aromatic rings. The van der Waals surface area contributed by atoms with E-state index in [9.17, 15) is 13.2 Å². The first-order valence-electron chi connectivity index (χ1n) is 5.02. The van der Waals surface area contributed by atoms with Crippen molar-refractivity contribution in [1.82, 2.24) is 4.90 Å². The lowest BCUT2D eigenvalue weighted by molar-refractivity contribution is -0.138. The van der Waals surface area contributed by atoms with Crippen molar-refractivity contribution >= 4 is 16.1 Å². The van der Waals surface area contributed by atoms with E-state index in [1.807, 2.05) is 0 Å². The van der Waals surface area contributed by atoms with Gasteiger partial charge < -0.3 is 9.64 Å². The molecule has 0 spiro atoms.